The Morgan fingerprint density at radius 1 is 1.10 bits per heavy atom. The highest BCUT2D eigenvalue weighted by atomic mass is 16.2. The Morgan fingerprint density at radius 3 is 2.48 bits per heavy atom. The van der Waals surface area contributed by atoms with Crippen LogP contribution in [0.2, 0.25) is 0 Å². The molecule has 0 atom stereocenters. The first-order valence-corrected chi connectivity index (χ1v) is 7.19. The molecule has 0 fully saturated rings. The summed E-state index contributed by atoms with van der Waals surface area (Å²) < 4.78 is 0. The SMILES string of the molecule is Cc1cccc(N(C)C(=O)c2ccccc2NC(C)C)c1. The van der Waals surface area contributed by atoms with E-state index in [1.165, 1.54) is 0 Å². The maximum absolute atomic E-state index is 12.7. The van der Waals surface area contributed by atoms with E-state index in [2.05, 4.69) is 19.2 Å². The number of rotatable bonds is 4. The van der Waals surface area contributed by atoms with Gasteiger partial charge in [0, 0.05) is 24.5 Å². The summed E-state index contributed by atoms with van der Waals surface area (Å²) >= 11 is 0. The molecule has 110 valence electrons. The highest BCUT2D eigenvalue weighted by Gasteiger charge is 2.17. The van der Waals surface area contributed by atoms with Gasteiger partial charge in [-0.2, -0.15) is 0 Å². The number of para-hydroxylation sites is 1. The van der Waals surface area contributed by atoms with E-state index in [-0.39, 0.29) is 11.9 Å². The zero-order chi connectivity index (χ0) is 15.4. The summed E-state index contributed by atoms with van der Waals surface area (Å²) in [6, 6.07) is 15.9. The topological polar surface area (TPSA) is 32.3 Å². The van der Waals surface area contributed by atoms with Crippen LogP contribution in [0.15, 0.2) is 48.5 Å². The molecule has 0 radical (unpaired) electrons. The van der Waals surface area contributed by atoms with E-state index < -0.39 is 0 Å². The summed E-state index contributed by atoms with van der Waals surface area (Å²) in [5, 5.41) is 3.32. The summed E-state index contributed by atoms with van der Waals surface area (Å²) in [5.41, 5.74) is 3.60. The summed E-state index contributed by atoms with van der Waals surface area (Å²) in [7, 11) is 1.81. The quantitative estimate of drug-likeness (QED) is 0.916. The summed E-state index contributed by atoms with van der Waals surface area (Å²) in [6.07, 6.45) is 0. The van der Waals surface area contributed by atoms with Crippen LogP contribution in [-0.2, 0) is 0 Å². The van der Waals surface area contributed by atoms with Crippen molar-refractivity contribution in [2.45, 2.75) is 26.8 Å². The molecule has 3 nitrogen and oxygen atoms in total. The smallest absolute Gasteiger partial charge is 0.260 e. The molecule has 2 rings (SSSR count). The van der Waals surface area contributed by atoms with Gasteiger partial charge in [-0.15, -0.1) is 0 Å². The first-order valence-electron chi connectivity index (χ1n) is 7.19. The lowest BCUT2D eigenvalue weighted by Gasteiger charge is -2.21. The highest BCUT2D eigenvalue weighted by molar-refractivity contribution is 6.09. The molecule has 0 bridgehead atoms. The number of nitrogens with one attached hydrogen (secondary N) is 1. The second-order valence-electron chi connectivity index (χ2n) is 5.55. The third kappa shape index (κ3) is 3.63. The maximum Gasteiger partial charge on any atom is 0.260 e. The van der Waals surface area contributed by atoms with Gasteiger partial charge in [-0.25, -0.2) is 0 Å². The third-order valence-electron chi connectivity index (χ3n) is 3.30. The molecule has 0 saturated carbocycles. The molecule has 1 N–H and O–H groups in total. The predicted molar refractivity (Wildman–Crippen MR) is 89.1 cm³/mol. The molecule has 0 unspecified atom stereocenters. The second kappa shape index (κ2) is 6.44. The number of hydrogen-bond donors (Lipinski definition) is 1. The highest BCUT2D eigenvalue weighted by Crippen LogP contribution is 2.22. The van der Waals surface area contributed by atoms with Crippen LogP contribution in [0.1, 0.15) is 29.8 Å². The van der Waals surface area contributed by atoms with Gasteiger partial charge < -0.3 is 10.2 Å². The Hall–Kier alpha value is -2.29. The minimum Gasteiger partial charge on any atom is -0.382 e. The molecule has 0 aromatic heterocycles. The van der Waals surface area contributed by atoms with Crippen LogP contribution in [-0.4, -0.2) is 19.0 Å². The first-order chi connectivity index (χ1) is 9.99. The van der Waals surface area contributed by atoms with Crippen molar-refractivity contribution in [3.63, 3.8) is 0 Å². The molecular weight excluding hydrogens is 260 g/mol. The van der Waals surface area contributed by atoms with Crippen molar-refractivity contribution in [2.24, 2.45) is 0 Å². The van der Waals surface area contributed by atoms with Crippen molar-refractivity contribution < 1.29 is 4.79 Å². The monoisotopic (exact) mass is 282 g/mol. The number of nitrogens with zero attached hydrogens (tertiary/aromatic N) is 1. The van der Waals surface area contributed by atoms with E-state index >= 15 is 0 Å². The van der Waals surface area contributed by atoms with Gasteiger partial charge in [0.25, 0.3) is 5.91 Å². The molecule has 0 spiro atoms. The van der Waals surface area contributed by atoms with Crippen molar-refractivity contribution >= 4 is 17.3 Å². The number of benzene rings is 2. The van der Waals surface area contributed by atoms with Crippen molar-refractivity contribution in [3.05, 3.63) is 59.7 Å². The number of amides is 1. The Morgan fingerprint density at radius 2 is 1.81 bits per heavy atom. The molecule has 21 heavy (non-hydrogen) atoms. The molecule has 2 aromatic carbocycles. The van der Waals surface area contributed by atoms with Gasteiger partial charge in [0.15, 0.2) is 0 Å². The molecular formula is C18H22N2O. The molecule has 2 aromatic rings. The fourth-order valence-electron chi connectivity index (χ4n) is 2.24. The number of aryl methyl sites for hydroxylation is 1. The Kier molecular flexibility index (Phi) is 4.63. The molecule has 0 saturated heterocycles. The van der Waals surface area contributed by atoms with Crippen molar-refractivity contribution in [1.82, 2.24) is 0 Å². The van der Waals surface area contributed by atoms with Gasteiger partial charge >= 0.3 is 0 Å². The van der Waals surface area contributed by atoms with E-state index in [1.807, 2.05) is 62.5 Å². The van der Waals surface area contributed by atoms with E-state index in [9.17, 15) is 4.79 Å². The van der Waals surface area contributed by atoms with Gasteiger partial charge in [0.1, 0.15) is 0 Å². The van der Waals surface area contributed by atoms with E-state index in [0.29, 0.717) is 5.56 Å². The van der Waals surface area contributed by atoms with Gasteiger partial charge in [-0.3, -0.25) is 4.79 Å². The number of hydrogen-bond acceptors (Lipinski definition) is 2. The molecule has 0 aliphatic rings. The Bertz CT molecular complexity index is 635. The minimum absolute atomic E-state index is 0.00986. The fraction of sp³-hybridized carbons (Fsp3) is 0.278. The first kappa shape index (κ1) is 15.1. The molecule has 0 heterocycles. The van der Waals surface area contributed by atoms with Crippen LogP contribution in [0.25, 0.3) is 0 Å². The summed E-state index contributed by atoms with van der Waals surface area (Å²) in [5.74, 6) is -0.00986. The average Bonchev–Trinajstić information content (AvgIpc) is 2.46. The lowest BCUT2D eigenvalue weighted by atomic mass is 10.1. The normalized spacial score (nSPS) is 10.5. The van der Waals surface area contributed by atoms with Crippen molar-refractivity contribution in [3.8, 4) is 0 Å². The minimum atomic E-state index is -0.00986. The van der Waals surface area contributed by atoms with Crippen LogP contribution in [0.3, 0.4) is 0 Å². The van der Waals surface area contributed by atoms with E-state index in [1.54, 1.807) is 4.90 Å². The third-order valence-corrected chi connectivity index (χ3v) is 3.30. The fourth-order valence-corrected chi connectivity index (χ4v) is 2.24. The number of carbonyl (C=O) groups excluding carboxylic acids is 1. The molecule has 3 heteroatoms. The van der Waals surface area contributed by atoms with E-state index in [0.717, 1.165) is 16.9 Å². The number of anilines is 2. The second-order valence-corrected chi connectivity index (χ2v) is 5.55. The van der Waals surface area contributed by atoms with Crippen LogP contribution >= 0.6 is 0 Å². The van der Waals surface area contributed by atoms with Crippen LogP contribution < -0.4 is 10.2 Å². The summed E-state index contributed by atoms with van der Waals surface area (Å²) in [6.45, 7) is 6.15. The van der Waals surface area contributed by atoms with Gasteiger partial charge in [-0.1, -0.05) is 24.3 Å². The van der Waals surface area contributed by atoms with E-state index in [4.69, 9.17) is 0 Å². The molecule has 1 amide bonds. The molecule has 0 aliphatic carbocycles. The predicted octanol–water partition coefficient (Wildman–Crippen LogP) is 4.09. The van der Waals surface area contributed by atoms with Gasteiger partial charge in [-0.05, 0) is 50.6 Å². The van der Waals surface area contributed by atoms with Crippen LogP contribution in [0.5, 0.6) is 0 Å². The Labute approximate surface area is 126 Å². The van der Waals surface area contributed by atoms with Gasteiger partial charge in [0.05, 0.1) is 5.56 Å². The van der Waals surface area contributed by atoms with Crippen molar-refractivity contribution in [2.75, 3.05) is 17.3 Å². The zero-order valence-electron chi connectivity index (χ0n) is 13.1. The molecule has 0 aliphatic heterocycles. The standard InChI is InChI=1S/C18H22N2O/c1-13(2)19-17-11-6-5-10-16(17)18(21)20(4)15-9-7-8-14(3)12-15/h5-13,19H,1-4H3. The Balaban J connectivity index is 2.31. The lowest BCUT2D eigenvalue weighted by Crippen LogP contribution is -2.27. The van der Waals surface area contributed by atoms with Gasteiger partial charge in [0.2, 0.25) is 0 Å². The lowest BCUT2D eigenvalue weighted by molar-refractivity contribution is 0.0994. The van der Waals surface area contributed by atoms with Crippen molar-refractivity contribution in [1.29, 1.82) is 0 Å². The maximum atomic E-state index is 12.7. The zero-order valence-corrected chi connectivity index (χ0v) is 13.1. The summed E-state index contributed by atoms with van der Waals surface area (Å²) in [4.78, 5) is 14.4. The number of carbonyl (C=O) groups is 1. The van der Waals surface area contributed by atoms with Crippen LogP contribution in [0, 0.1) is 6.92 Å². The average molecular weight is 282 g/mol. The van der Waals surface area contributed by atoms with Crippen LogP contribution in [0.4, 0.5) is 11.4 Å². The largest absolute Gasteiger partial charge is 0.382 e.